The standard InChI is InChI=1S/C17H20ClN3O3S/c1-11-5-6-13(9-12(11)2)20-25(23,24)14-7-8-16(18)15(10-14)17(22)19-21(3)4/h5-10,20H,1-4H3,(H,19,22). The third-order valence-corrected chi connectivity index (χ3v) is 5.29. The van der Waals surface area contributed by atoms with Gasteiger partial charge in [0.2, 0.25) is 0 Å². The van der Waals surface area contributed by atoms with Crippen molar-refractivity contribution in [3.63, 3.8) is 0 Å². The summed E-state index contributed by atoms with van der Waals surface area (Å²) in [6.45, 7) is 3.85. The van der Waals surface area contributed by atoms with Crippen molar-refractivity contribution in [3.8, 4) is 0 Å². The smallest absolute Gasteiger partial charge is 0.267 e. The minimum Gasteiger partial charge on any atom is -0.285 e. The number of rotatable bonds is 5. The fraction of sp³-hybridized carbons (Fsp3) is 0.235. The molecular weight excluding hydrogens is 362 g/mol. The molecule has 25 heavy (non-hydrogen) atoms. The van der Waals surface area contributed by atoms with Crippen LogP contribution in [0.1, 0.15) is 21.5 Å². The van der Waals surface area contributed by atoms with Crippen molar-refractivity contribution in [1.29, 1.82) is 0 Å². The van der Waals surface area contributed by atoms with Crippen LogP contribution in [-0.4, -0.2) is 33.4 Å². The van der Waals surface area contributed by atoms with Gasteiger partial charge in [0.1, 0.15) is 0 Å². The summed E-state index contributed by atoms with van der Waals surface area (Å²) in [5.41, 5.74) is 5.12. The van der Waals surface area contributed by atoms with Gasteiger partial charge in [-0.2, -0.15) is 0 Å². The lowest BCUT2D eigenvalue weighted by Gasteiger charge is -2.14. The second-order valence-electron chi connectivity index (χ2n) is 5.88. The SMILES string of the molecule is Cc1ccc(NS(=O)(=O)c2ccc(Cl)c(C(=O)NN(C)C)c2)cc1C. The van der Waals surface area contributed by atoms with E-state index in [0.717, 1.165) is 11.1 Å². The van der Waals surface area contributed by atoms with Crippen LogP contribution in [0.5, 0.6) is 0 Å². The Balaban J connectivity index is 2.36. The van der Waals surface area contributed by atoms with Crippen molar-refractivity contribution < 1.29 is 13.2 Å². The highest BCUT2D eigenvalue weighted by molar-refractivity contribution is 7.92. The number of hydrogen-bond acceptors (Lipinski definition) is 4. The average Bonchev–Trinajstić information content (AvgIpc) is 2.50. The zero-order chi connectivity index (χ0) is 18.8. The maximum atomic E-state index is 12.6. The predicted molar refractivity (Wildman–Crippen MR) is 99.3 cm³/mol. The molecule has 6 nitrogen and oxygen atoms in total. The van der Waals surface area contributed by atoms with Gasteiger partial charge in [-0.05, 0) is 55.3 Å². The first-order chi connectivity index (χ1) is 11.6. The average molecular weight is 382 g/mol. The van der Waals surface area contributed by atoms with Crippen LogP contribution >= 0.6 is 11.6 Å². The molecule has 2 aromatic carbocycles. The van der Waals surface area contributed by atoms with E-state index < -0.39 is 15.9 Å². The highest BCUT2D eigenvalue weighted by Crippen LogP contribution is 2.23. The zero-order valence-electron chi connectivity index (χ0n) is 14.4. The van der Waals surface area contributed by atoms with E-state index in [1.54, 1.807) is 26.2 Å². The second-order valence-corrected chi connectivity index (χ2v) is 7.97. The van der Waals surface area contributed by atoms with Crippen LogP contribution in [0.4, 0.5) is 5.69 Å². The molecule has 0 aliphatic heterocycles. The summed E-state index contributed by atoms with van der Waals surface area (Å²) in [7, 11) is -0.553. The molecule has 2 rings (SSSR count). The van der Waals surface area contributed by atoms with Gasteiger partial charge < -0.3 is 0 Å². The number of anilines is 1. The van der Waals surface area contributed by atoms with Crippen molar-refractivity contribution in [2.45, 2.75) is 18.7 Å². The number of carbonyl (C=O) groups is 1. The first kappa shape index (κ1) is 19.2. The van der Waals surface area contributed by atoms with Gasteiger partial charge in [0.15, 0.2) is 0 Å². The molecule has 0 saturated carbocycles. The normalized spacial score (nSPS) is 11.4. The maximum absolute atomic E-state index is 12.6. The van der Waals surface area contributed by atoms with Crippen molar-refractivity contribution in [2.24, 2.45) is 0 Å². The van der Waals surface area contributed by atoms with Gasteiger partial charge in [-0.1, -0.05) is 17.7 Å². The molecule has 8 heteroatoms. The van der Waals surface area contributed by atoms with E-state index in [-0.39, 0.29) is 15.5 Å². The molecule has 0 radical (unpaired) electrons. The third kappa shape index (κ3) is 4.72. The Hall–Kier alpha value is -2.09. The summed E-state index contributed by atoms with van der Waals surface area (Å²) in [6.07, 6.45) is 0. The Morgan fingerprint density at radius 1 is 1.04 bits per heavy atom. The Bertz CT molecular complexity index is 911. The maximum Gasteiger partial charge on any atom is 0.267 e. The summed E-state index contributed by atoms with van der Waals surface area (Å²) >= 11 is 6.03. The third-order valence-electron chi connectivity index (χ3n) is 3.58. The van der Waals surface area contributed by atoms with Crippen LogP contribution in [0.2, 0.25) is 5.02 Å². The van der Waals surface area contributed by atoms with Gasteiger partial charge in [-0.15, -0.1) is 0 Å². The number of hydrazine groups is 1. The quantitative estimate of drug-likeness (QED) is 0.780. The predicted octanol–water partition coefficient (Wildman–Crippen LogP) is 2.96. The summed E-state index contributed by atoms with van der Waals surface area (Å²) in [4.78, 5) is 12.1. The van der Waals surface area contributed by atoms with Crippen molar-refractivity contribution >= 4 is 33.2 Å². The van der Waals surface area contributed by atoms with E-state index in [1.807, 2.05) is 19.9 Å². The first-order valence-electron chi connectivity index (χ1n) is 7.48. The molecule has 0 spiro atoms. The van der Waals surface area contributed by atoms with Gasteiger partial charge in [0.05, 0.1) is 15.5 Å². The Morgan fingerprint density at radius 3 is 2.32 bits per heavy atom. The van der Waals surface area contributed by atoms with E-state index in [0.29, 0.717) is 5.69 Å². The van der Waals surface area contributed by atoms with Crippen molar-refractivity contribution in [2.75, 3.05) is 18.8 Å². The van der Waals surface area contributed by atoms with Crippen LogP contribution in [0.3, 0.4) is 0 Å². The van der Waals surface area contributed by atoms with Crippen LogP contribution < -0.4 is 10.1 Å². The van der Waals surface area contributed by atoms with E-state index in [9.17, 15) is 13.2 Å². The van der Waals surface area contributed by atoms with Crippen molar-refractivity contribution in [1.82, 2.24) is 10.4 Å². The largest absolute Gasteiger partial charge is 0.285 e. The van der Waals surface area contributed by atoms with Crippen LogP contribution in [0, 0.1) is 13.8 Å². The number of carbonyl (C=O) groups excluding carboxylic acids is 1. The zero-order valence-corrected chi connectivity index (χ0v) is 16.0. The van der Waals surface area contributed by atoms with E-state index in [1.165, 1.54) is 23.2 Å². The highest BCUT2D eigenvalue weighted by atomic mass is 35.5. The molecule has 134 valence electrons. The number of benzene rings is 2. The summed E-state index contributed by atoms with van der Waals surface area (Å²) in [6, 6.07) is 9.28. The van der Waals surface area contributed by atoms with Gasteiger partial charge in [0, 0.05) is 19.8 Å². The number of hydrogen-bond donors (Lipinski definition) is 2. The van der Waals surface area contributed by atoms with E-state index in [4.69, 9.17) is 11.6 Å². The fourth-order valence-corrected chi connectivity index (χ4v) is 3.41. The molecule has 2 N–H and O–H groups in total. The number of halogens is 1. The lowest BCUT2D eigenvalue weighted by molar-refractivity contribution is 0.0857. The molecule has 0 aromatic heterocycles. The summed E-state index contributed by atoms with van der Waals surface area (Å²) in [5.74, 6) is -0.488. The number of sulfonamides is 1. The molecule has 0 bridgehead atoms. The second kappa shape index (κ2) is 7.43. The number of nitrogens with zero attached hydrogens (tertiary/aromatic N) is 1. The van der Waals surface area contributed by atoms with Crippen LogP contribution in [0.15, 0.2) is 41.3 Å². The Morgan fingerprint density at radius 2 is 1.72 bits per heavy atom. The molecule has 2 aromatic rings. The molecule has 0 heterocycles. The molecule has 0 fully saturated rings. The van der Waals surface area contributed by atoms with Gasteiger partial charge in [-0.25, -0.2) is 13.4 Å². The number of aryl methyl sites for hydroxylation is 2. The summed E-state index contributed by atoms with van der Waals surface area (Å²) < 4.78 is 27.7. The Kier molecular flexibility index (Phi) is 5.72. The lowest BCUT2D eigenvalue weighted by atomic mass is 10.1. The van der Waals surface area contributed by atoms with E-state index in [2.05, 4.69) is 10.1 Å². The van der Waals surface area contributed by atoms with E-state index >= 15 is 0 Å². The van der Waals surface area contributed by atoms with Crippen LogP contribution in [0.25, 0.3) is 0 Å². The lowest BCUT2D eigenvalue weighted by Crippen LogP contribution is -2.36. The minimum absolute atomic E-state index is 0.0426. The molecule has 0 saturated heterocycles. The van der Waals surface area contributed by atoms with Gasteiger partial charge >= 0.3 is 0 Å². The molecule has 0 aliphatic rings. The van der Waals surface area contributed by atoms with Crippen LogP contribution in [-0.2, 0) is 10.0 Å². The molecule has 0 aliphatic carbocycles. The van der Waals surface area contributed by atoms with Gasteiger partial charge in [-0.3, -0.25) is 14.9 Å². The molecule has 1 amide bonds. The molecular formula is C17H20ClN3O3S. The topological polar surface area (TPSA) is 78.5 Å². The van der Waals surface area contributed by atoms with Crippen molar-refractivity contribution in [3.05, 3.63) is 58.1 Å². The monoisotopic (exact) mass is 381 g/mol. The summed E-state index contributed by atoms with van der Waals surface area (Å²) in [5, 5.41) is 1.62. The number of nitrogens with one attached hydrogen (secondary N) is 2. The Labute approximate surface area is 152 Å². The number of amides is 1. The molecule has 0 atom stereocenters. The van der Waals surface area contributed by atoms with Gasteiger partial charge in [0.25, 0.3) is 15.9 Å². The highest BCUT2D eigenvalue weighted by Gasteiger charge is 2.19. The molecule has 0 unspecified atom stereocenters. The fourth-order valence-electron chi connectivity index (χ4n) is 2.13. The first-order valence-corrected chi connectivity index (χ1v) is 9.34. The minimum atomic E-state index is -3.85.